The molecule has 0 aliphatic heterocycles. The van der Waals surface area contributed by atoms with Gasteiger partial charge in [0.15, 0.2) is 0 Å². The Morgan fingerprint density at radius 3 is 2.83 bits per heavy atom. The van der Waals surface area contributed by atoms with Crippen LogP contribution in [0.5, 0.6) is 0 Å². The Kier molecular flexibility index (Phi) is 3.71. The Morgan fingerprint density at radius 1 is 1.56 bits per heavy atom. The van der Waals surface area contributed by atoms with Crippen molar-refractivity contribution in [2.75, 3.05) is 0 Å². The SMILES string of the molecule is CC1CCC(NCc2c(C(=O)O)cnn2C)C1C. The van der Waals surface area contributed by atoms with Crippen LogP contribution >= 0.6 is 0 Å². The molecule has 100 valence electrons. The zero-order valence-corrected chi connectivity index (χ0v) is 11.2. The van der Waals surface area contributed by atoms with Crippen molar-refractivity contribution in [2.45, 2.75) is 39.3 Å². The first-order valence-electron chi connectivity index (χ1n) is 6.48. The van der Waals surface area contributed by atoms with Crippen LogP contribution in [0.1, 0.15) is 42.7 Å². The standard InChI is InChI=1S/C13H21N3O2/c1-8-4-5-11(9(8)2)14-7-12-10(13(17)18)6-15-16(12)3/h6,8-9,11,14H,4-5,7H2,1-3H3,(H,17,18). The van der Waals surface area contributed by atoms with Gasteiger partial charge in [-0.1, -0.05) is 13.8 Å². The highest BCUT2D eigenvalue weighted by Gasteiger charge is 2.29. The lowest BCUT2D eigenvalue weighted by molar-refractivity contribution is 0.0695. The number of aromatic nitrogens is 2. The topological polar surface area (TPSA) is 67.2 Å². The van der Waals surface area contributed by atoms with Crippen LogP contribution in [-0.2, 0) is 13.6 Å². The lowest BCUT2D eigenvalue weighted by Gasteiger charge is -2.19. The maximum atomic E-state index is 11.1. The number of aryl methyl sites for hydroxylation is 1. The lowest BCUT2D eigenvalue weighted by atomic mass is 9.98. The van der Waals surface area contributed by atoms with Crippen molar-refractivity contribution in [2.24, 2.45) is 18.9 Å². The molecule has 5 nitrogen and oxygen atoms in total. The van der Waals surface area contributed by atoms with Crippen molar-refractivity contribution in [1.29, 1.82) is 0 Å². The van der Waals surface area contributed by atoms with Gasteiger partial charge < -0.3 is 10.4 Å². The molecule has 3 unspecified atom stereocenters. The van der Waals surface area contributed by atoms with Gasteiger partial charge >= 0.3 is 5.97 Å². The highest BCUT2D eigenvalue weighted by atomic mass is 16.4. The molecule has 1 aliphatic carbocycles. The van der Waals surface area contributed by atoms with Crippen LogP contribution in [0, 0.1) is 11.8 Å². The van der Waals surface area contributed by atoms with E-state index in [1.54, 1.807) is 11.7 Å². The third-order valence-electron chi connectivity index (χ3n) is 4.29. The summed E-state index contributed by atoms with van der Waals surface area (Å²) in [6.07, 6.45) is 3.83. The second kappa shape index (κ2) is 5.10. The van der Waals surface area contributed by atoms with Crippen LogP contribution in [0.2, 0.25) is 0 Å². The summed E-state index contributed by atoms with van der Waals surface area (Å²) in [4.78, 5) is 11.1. The zero-order chi connectivity index (χ0) is 13.3. The lowest BCUT2D eigenvalue weighted by Crippen LogP contribution is -2.33. The summed E-state index contributed by atoms with van der Waals surface area (Å²) in [5.74, 6) is 0.479. The Labute approximate surface area is 107 Å². The average molecular weight is 251 g/mol. The molecular formula is C13H21N3O2. The molecule has 3 atom stereocenters. The summed E-state index contributed by atoms with van der Waals surface area (Å²) in [7, 11) is 1.78. The number of carboxylic acid groups (broad SMARTS) is 1. The van der Waals surface area contributed by atoms with E-state index in [1.165, 1.54) is 19.0 Å². The minimum Gasteiger partial charge on any atom is -0.478 e. The van der Waals surface area contributed by atoms with Gasteiger partial charge in [0.1, 0.15) is 5.56 Å². The normalized spacial score (nSPS) is 27.6. The minimum atomic E-state index is -0.910. The molecule has 1 aromatic heterocycles. The number of rotatable bonds is 4. The first-order valence-corrected chi connectivity index (χ1v) is 6.48. The third-order valence-corrected chi connectivity index (χ3v) is 4.29. The number of carbonyl (C=O) groups is 1. The Hall–Kier alpha value is -1.36. The molecule has 5 heteroatoms. The highest BCUT2D eigenvalue weighted by molar-refractivity contribution is 5.88. The van der Waals surface area contributed by atoms with Gasteiger partial charge in [0, 0.05) is 19.6 Å². The maximum absolute atomic E-state index is 11.1. The van der Waals surface area contributed by atoms with E-state index >= 15 is 0 Å². The molecule has 2 rings (SSSR count). The molecule has 1 saturated carbocycles. The van der Waals surface area contributed by atoms with Crippen molar-refractivity contribution in [3.05, 3.63) is 17.5 Å². The van der Waals surface area contributed by atoms with Crippen LogP contribution in [-0.4, -0.2) is 26.9 Å². The van der Waals surface area contributed by atoms with Crippen molar-refractivity contribution in [3.8, 4) is 0 Å². The van der Waals surface area contributed by atoms with E-state index in [-0.39, 0.29) is 0 Å². The largest absolute Gasteiger partial charge is 0.478 e. The Balaban J connectivity index is 2.02. The van der Waals surface area contributed by atoms with E-state index in [4.69, 9.17) is 5.11 Å². The zero-order valence-electron chi connectivity index (χ0n) is 11.2. The van der Waals surface area contributed by atoms with Gasteiger partial charge in [0.2, 0.25) is 0 Å². The summed E-state index contributed by atoms with van der Waals surface area (Å²) in [6.45, 7) is 5.11. The molecule has 0 spiro atoms. The first-order chi connectivity index (χ1) is 8.50. The van der Waals surface area contributed by atoms with Gasteiger partial charge in [-0.05, 0) is 24.7 Å². The summed E-state index contributed by atoms with van der Waals surface area (Å²) in [5.41, 5.74) is 1.04. The molecule has 1 heterocycles. The number of nitrogens with one attached hydrogen (secondary N) is 1. The number of hydrogen-bond donors (Lipinski definition) is 2. The van der Waals surface area contributed by atoms with E-state index in [9.17, 15) is 4.79 Å². The van der Waals surface area contributed by atoms with Gasteiger partial charge in [0.25, 0.3) is 0 Å². The van der Waals surface area contributed by atoms with Crippen LogP contribution in [0.25, 0.3) is 0 Å². The van der Waals surface area contributed by atoms with E-state index in [0.29, 0.717) is 24.1 Å². The smallest absolute Gasteiger partial charge is 0.339 e. The summed E-state index contributed by atoms with van der Waals surface area (Å²) in [5, 5.41) is 16.6. The number of nitrogens with zero attached hydrogens (tertiary/aromatic N) is 2. The van der Waals surface area contributed by atoms with Crippen LogP contribution in [0.15, 0.2) is 6.20 Å². The van der Waals surface area contributed by atoms with E-state index < -0.39 is 5.97 Å². The maximum Gasteiger partial charge on any atom is 0.339 e. The molecular weight excluding hydrogens is 230 g/mol. The predicted molar refractivity (Wildman–Crippen MR) is 68.4 cm³/mol. The third kappa shape index (κ3) is 2.41. The summed E-state index contributed by atoms with van der Waals surface area (Å²) >= 11 is 0. The Bertz CT molecular complexity index is 441. The number of aromatic carboxylic acids is 1. The van der Waals surface area contributed by atoms with Crippen molar-refractivity contribution >= 4 is 5.97 Å². The van der Waals surface area contributed by atoms with Gasteiger partial charge in [-0.2, -0.15) is 5.10 Å². The van der Waals surface area contributed by atoms with Gasteiger partial charge in [-0.25, -0.2) is 4.79 Å². The van der Waals surface area contributed by atoms with Gasteiger partial charge in [-0.3, -0.25) is 4.68 Å². The van der Waals surface area contributed by atoms with Crippen LogP contribution in [0.4, 0.5) is 0 Å². The molecule has 2 N–H and O–H groups in total. The first kappa shape index (κ1) is 13.1. The van der Waals surface area contributed by atoms with Gasteiger partial charge in [-0.15, -0.1) is 0 Å². The molecule has 0 bridgehead atoms. The molecule has 0 saturated heterocycles. The van der Waals surface area contributed by atoms with Crippen LogP contribution < -0.4 is 5.32 Å². The molecule has 1 aromatic rings. The van der Waals surface area contributed by atoms with Crippen molar-refractivity contribution in [1.82, 2.24) is 15.1 Å². The van der Waals surface area contributed by atoms with E-state index in [0.717, 1.165) is 11.6 Å². The van der Waals surface area contributed by atoms with Crippen molar-refractivity contribution in [3.63, 3.8) is 0 Å². The summed E-state index contributed by atoms with van der Waals surface area (Å²) in [6, 6.07) is 0.483. The fourth-order valence-corrected chi connectivity index (χ4v) is 2.73. The Morgan fingerprint density at radius 2 is 2.28 bits per heavy atom. The van der Waals surface area contributed by atoms with E-state index in [1.807, 2.05) is 0 Å². The quantitative estimate of drug-likeness (QED) is 0.853. The van der Waals surface area contributed by atoms with Crippen molar-refractivity contribution < 1.29 is 9.90 Å². The monoisotopic (exact) mass is 251 g/mol. The predicted octanol–water partition coefficient (Wildman–Crippen LogP) is 1.64. The highest BCUT2D eigenvalue weighted by Crippen LogP contribution is 2.31. The second-order valence-electron chi connectivity index (χ2n) is 5.33. The molecule has 0 amide bonds. The summed E-state index contributed by atoms with van der Waals surface area (Å²) < 4.78 is 1.64. The minimum absolute atomic E-state index is 0.295. The fourth-order valence-electron chi connectivity index (χ4n) is 2.73. The molecule has 0 aromatic carbocycles. The molecule has 18 heavy (non-hydrogen) atoms. The average Bonchev–Trinajstić information content (AvgIpc) is 2.83. The molecule has 1 fully saturated rings. The van der Waals surface area contributed by atoms with Gasteiger partial charge in [0.05, 0.1) is 11.9 Å². The molecule has 0 radical (unpaired) electrons. The number of carboxylic acids is 1. The van der Waals surface area contributed by atoms with E-state index in [2.05, 4.69) is 24.3 Å². The van der Waals surface area contributed by atoms with Crippen LogP contribution in [0.3, 0.4) is 0 Å². The number of hydrogen-bond acceptors (Lipinski definition) is 3. The fraction of sp³-hybridized carbons (Fsp3) is 0.692. The molecule has 1 aliphatic rings. The second-order valence-corrected chi connectivity index (χ2v) is 5.33.